The van der Waals surface area contributed by atoms with Gasteiger partial charge in [-0.05, 0) is 25.8 Å². The van der Waals surface area contributed by atoms with Crippen LogP contribution in [0.4, 0.5) is 0 Å². The van der Waals surface area contributed by atoms with Gasteiger partial charge in [-0.15, -0.1) is 0 Å². The molecule has 3 heteroatoms. The van der Waals surface area contributed by atoms with Crippen LogP contribution in [-0.4, -0.2) is 55.1 Å². The molecular weight excluding hydrogens is 198 g/mol. The van der Waals surface area contributed by atoms with Crippen molar-refractivity contribution in [1.29, 1.82) is 0 Å². The first kappa shape index (κ1) is 13.9. The van der Waals surface area contributed by atoms with Gasteiger partial charge in [0.1, 0.15) is 0 Å². The van der Waals surface area contributed by atoms with Gasteiger partial charge in [0, 0.05) is 38.3 Å². The van der Waals surface area contributed by atoms with Gasteiger partial charge in [-0.1, -0.05) is 20.8 Å². The van der Waals surface area contributed by atoms with E-state index in [0.29, 0.717) is 12.1 Å². The second-order valence-electron chi connectivity index (χ2n) is 6.41. The minimum absolute atomic E-state index is 0.232. The standard InChI is InChI=1S/C13H29N3/c1-11-10-15(5)8-9-16(11)7-6-12(14)13(2,3)4/h11-12H,6-10,14H2,1-5H3. The summed E-state index contributed by atoms with van der Waals surface area (Å²) in [5.41, 5.74) is 6.44. The van der Waals surface area contributed by atoms with E-state index in [1.807, 2.05) is 0 Å². The summed E-state index contributed by atoms with van der Waals surface area (Å²) in [4.78, 5) is 4.98. The first-order valence-electron chi connectivity index (χ1n) is 6.49. The Labute approximate surface area is 101 Å². The lowest BCUT2D eigenvalue weighted by atomic mass is 9.85. The first-order valence-corrected chi connectivity index (χ1v) is 6.49. The third kappa shape index (κ3) is 4.04. The number of hydrogen-bond acceptors (Lipinski definition) is 3. The van der Waals surface area contributed by atoms with E-state index < -0.39 is 0 Å². The molecule has 1 saturated heterocycles. The summed E-state index contributed by atoms with van der Waals surface area (Å²) >= 11 is 0. The maximum atomic E-state index is 6.20. The molecule has 1 fully saturated rings. The van der Waals surface area contributed by atoms with E-state index in [4.69, 9.17) is 5.73 Å². The largest absolute Gasteiger partial charge is 0.327 e. The van der Waals surface area contributed by atoms with Crippen LogP contribution in [0.2, 0.25) is 0 Å². The molecular formula is C13H29N3. The van der Waals surface area contributed by atoms with Crippen molar-refractivity contribution in [3.8, 4) is 0 Å². The summed E-state index contributed by atoms with van der Waals surface area (Å²) in [5.74, 6) is 0. The molecule has 1 rings (SSSR count). The molecule has 0 amide bonds. The normalized spacial score (nSPS) is 27.0. The van der Waals surface area contributed by atoms with E-state index in [9.17, 15) is 0 Å². The summed E-state index contributed by atoms with van der Waals surface area (Å²) in [5, 5.41) is 0. The summed E-state index contributed by atoms with van der Waals surface area (Å²) in [6, 6.07) is 0.977. The Morgan fingerprint density at radius 3 is 2.44 bits per heavy atom. The first-order chi connectivity index (χ1) is 7.30. The number of hydrogen-bond donors (Lipinski definition) is 1. The lowest BCUT2D eigenvalue weighted by Crippen LogP contribution is -2.51. The third-order valence-corrected chi connectivity index (χ3v) is 3.81. The molecule has 0 radical (unpaired) electrons. The molecule has 0 aromatic heterocycles. The van der Waals surface area contributed by atoms with Gasteiger partial charge >= 0.3 is 0 Å². The predicted molar refractivity (Wildman–Crippen MR) is 70.6 cm³/mol. The Hall–Kier alpha value is -0.120. The molecule has 2 atom stereocenters. The quantitative estimate of drug-likeness (QED) is 0.791. The minimum atomic E-state index is 0.232. The fraction of sp³-hybridized carbons (Fsp3) is 1.00. The van der Waals surface area contributed by atoms with E-state index in [-0.39, 0.29) is 5.41 Å². The predicted octanol–water partition coefficient (Wildman–Crippen LogP) is 1.39. The van der Waals surface area contributed by atoms with Gasteiger partial charge in [0.05, 0.1) is 0 Å². The maximum absolute atomic E-state index is 6.20. The zero-order chi connectivity index (χ0) is 12.3. The monoisotopic (exact) mass is 227 g/mol. The molecule has 1 aliphatic heterocycles. The summed E-state index contributed by atoms with van der Waals surface area (Å²) in [7, 11) is 2.20. The molecule has 2 N–H and O–H groups in total. The van der Waals surface area contributed by atoms with Crippen LogP contribution < -0.4 is 5.73 Å². The highest BCUT2D eigenvalue weighted by molar-refractivity contribution is 4.82. The summed E-state index contributed by atoms with van der Waals surface area (Å²) in [6.07, 6.45) is 1.11. The molecule has 1 aliphatic rings. The SMILES string of the molecule is CC1CN(C)CCN1CCC(N)C(C)(C)C. The van der Waals surface area contributed by atoms with Gasteiger partial charge < -0.3 is 10.6 Å². The van der Waals surface area contributed by atoms with Gasteiger partial charge in [-0.25, -0.2) is 0 Å². The van der Waals surface area contributed by atoms with Crippen LogP contribution in [0.25, 0.3) is 0 Å². The Kier molecular flexibility index (Phi) is 4.77. The Bertz CT molecular complexity index is 210. The average Bonchev–Trinajstić information content (AvgIpc) is 2.14. The third-order valence-electron chi connectivity index (χ3n) is 3.81. The molecule has 2 unspecified atom stereocenters. The maximum Gasteiger partial charge on any atom is 0.0195 e. The van der Waals surface area contributed by atoms with E-state index in [2.05, 4.69) is 44.5 Å². The topological polar surface area (TPSA) is 32.5 Å². The van der Waals surface area contributed by atoms with E-state index in [1.165, 1.54) is 19.6 Å². The smallest absolute Gasteiger partial charge is 0.0195 e. The summed E-state index contributed by atoms with van der Waals surface area (Å²) in [6.45, 7) is 13.7. The van der Waals surface area contributed by atoms with Crippen LogP contribution in [0.1, 0.15) is 34.1 Å². The number of likely N-dealkylation sites (N-methyl/N-ethyl adjacent to an activating group) is 1. The van der Waals surface area contributed by atoms with Crippen molar-refractivity contribution in [2.45, 2.75) is 46.2 Å². The lowest BCUT2D eigenvalue weighted by Gasteiger charge is -2.39. The number of nitrogens with zero attached hydrogens (tertiary/aromatic N) is 2. The summed E-state index contributed by atoms with van der Waals surface area (Å²) < 4.78 is 0. The van der Waals surface area contributed by atoms with Gasteiger partial charge in [0.2, 0.25) is 0 Å². The molecule has 0 bridgehead atoms. The molecule has 0 spiro atoms. The Morgan fingerprint density at radius 2 is 1.94 bits per heavy atom. The van der Waals surface area contributed by atoms with Crippen LogP contribution in [0.3, 0.4) is 0 Å². The molecule has 96 valence electrons. The Morgan fingerprint density at radius 1 is 1.31 bits per heavy atom. The minimum Gasteiger partial charge on any atom is -0.327 e. The lowest BCUT2D eigenvalue weighted by molar-refractivity contribution is 0.0928. The second-order valence-corrected chi connectivity index (χ2v) is 6.41. The van der Waals surface area contributed by atoms with Crippen LogP contribution in [0.5, 0.6) is 0 Å². The van der Waals surface area contributed by atoms with E-state index in [1.54, 1.807) is 0 Å². The van der Waals surface area contributed by atoms with Crippen molar-refractivity contribution >= 4 is 0 Å². The number of rotatable bonds is 3. The molecule has 0 saturated carbocycles. The highest BCUT2D eigenvalue weighted by Crippen LogP contribution is 2.20. The van der Waals surface area contributed by atoms with Crippen molar-refractivity contribution < 1.29 is 0 Å². The molecule has 0 aromatic rings. The van der Waals surface area contributed by atoms with Crippen LogP contribution in [0, 0.1) is 5.41 Å². The van der Waals surface area contributed by atoms with Gasteiger partial charge in [-0.3, -0.25) is 4.90 Å². The van der Waals surface area contributed by atoms with Crippen molar-refractivity contribution in [2.75, 3.05) is 33.2 Å². The molecule has 16 heavy (non-hydrogen) atoms. The van der Waals surface area contributed by atoms with Crippen LogP contribution >= 0.6 is 0 Å². The zero-order valence-corrected chi connectivity index (χ0v) is 11.7. The fourth-order valence-electron chi connectivity index (χ4n) is 2.25. The highest BCUT2D eigenvalue weighted by atomic mass is 15.3. The van der Waals surface area contributed by atoms with Gasteiger partial charge in [0.15, 0.2) is 0 Å². The molecule has 1 heterocycles. The van der Waals surface area contributed by atoms with E-state index in [0.717, 1.165) is 13.0 Å². The van der Waals surface area contributed by atoms with Crippen LogP contribution in [-0.2, 0) is 0 Å². The molecule has 0 aliphatic carbocycles. The molecule has 3 nitrogen and oxygen atoms in total. The Balaban J connectivity index is 2.33. The van der Waals surface area contributed by atoms with E-state index >= 15 is 0 Å². The average molecular weight is 227 g/mol. The van der Waals surface area contributed by atoms with Gasteiger partial charge in [0.25, 0.3) is 0 Å². The van der Waals surface area contributed by atoms with Crippen molar-refractivity contribution in [1.82, 2.24) is 9.80 Å². The zero-order valence-electron chi connectivity index (χ0n) is 11.7. The highest BCUT2D eigenvalue weighted by Gasteiger charge is 2.24. The van der Waals surface area contributed by atoms with Crippen LogP contribution in [0.15, 0.2) is 0 Å². The van der Waals surface area contributed by atoms with Gasteiger partial charge in [-0.2, -0.15) is 0 Å². The van der Waals surface area contributed by atoms with Crippen molar-refractivity contribution in [3.05, 3.63) is 0 Å². The molecule has 0 aromatic carbocycles. The number of piperazine rings is 1. The second kappa shape index (κ2) is 5.48. The fourth-order valence-corrected chi connectivity index (χ4v) is 2.25. The van der Waals surface area contributed by atoms with Crippen molar-refractivity contribution in [2.24, 2.45) is 11.1 Å². The van der Waals surface area contributed by atoms with Crippen molar-refractivity contribution in [3.63, 3.8) is 0 Å². The number of nitrogens with two attached hydrogens (primary N) is 1.